The van der Waals surface area contributed by atoms with Crippen LogP contribution in [0.2, 0.25) is 0 Å². The molecule has 0 radical (unpaired) electrons. The van der Waals surface area contributed by atoms with E-state index in [-0.39, 0.29) is 41.9 Å². The maximum absolute atomic E-state index is 14.3. The molecule has 1 aromatic carbocycles. The summed E-state index contributed by atoms with van der Waals surface area (Å²) in [5.74, 6) is -0.568. The first-order valence-electron chi connectivity index (χ1n) is 11.3. The number of alkyl halides is 3. The Kier molecular flexibility index (Phi) is 9.56. The lowest BCUT2D eigenvalue weighted by Crippen LogP contribution is -2.18. The van der Waals surface area contributed by atoms with Gasteiger partial charge in [-0.2, -0.15) is 13.2 Å². The second kappa shape index (κ2) is 12.6. The smallest absolute Gasteiger partial charge is 0.389 e. The number of aromatic nitrogens is 2. The van der Waals surface area contributed by atoms with Crippen molar-refractivity contribution in [1.82, 2.24) is 14.7 Å². The molecule has 0 spiro atoms. The highest BCUT2D eigenvalue weighted by Crippen LogP contribution is 2.29. The molecule has 0 atom stereocenters. The first-order chi connectivity index (χ1) is 17.5. The number of nitrogens with two attached hydrogens (primary N) is 1. The van der Waals surface area contributed by atoms with E-state index in [1.807, 2.05) is 13.8 Å². The molecule has 3 N–H and O–H groups in total. The van der Waals surface area contributed by atoms with Crippen LogP contribution in [0.4, 0.5) is 23.4 Å². The highest BCUT2D eigenvalue weighted by molar-refractivity contribution is 7.97. The van der Waals surface area contributed by atoms with E-state index in [2.05, 4.69) is 14.7 Å². The van der Waals surface area contributed by atoms with Gasteiger partial charge in [0.25, 0.3) is 5.91 Å². The summed E-state index contributed by atoms with van der Waals surface area (Å²) < 4.78 is 65.6. The van der Waals surface area contributed by atoms with Gasteiger partial charge in [-0.1, -0.05) is 19.9 Å². The lowest BCUT2D eigenvalue weighted by Gasteiger charge is -2.14. The van der Waals surface area contributed by atoms with Gasteiger partial charge >= 0.3 is 6.18 Å². The molecule has 0 aliphatic rings. The van der Waals surface area contributed by atoms with Gasteiger partial charge < -0.3 is 15.2 Å². The normalized spacial score (nSPS) is 11.4. The number of amides is 1. The van der Waals surface area contributed by atoms with Gasteiger partial charge in [-0.3, -0.25) is 9.52 Å². The zero-order chi connectivity index (χ0) is 27.0. The van der Waals surface area contributed by atoms with Crippen molar-refractivity contribution in [1.29, 1.82) is 0 Å². The molecule has 37 heavy (non-hydrogen) atoms. The number of nitrogens with one attached hydrogen (secondary N) is 1. The van der Waals surface area contributed by atoms with Crippen molar-refractivity contribution in [2.45, 2.75) is 37.9 Å². The number of ether oxygens (including phenoxy) is 2. The summed E-state index contributed by atoms with van der Waals surface area (Å²) >= 11 is 0.901. The van der Waals surface area contributed by atoms with Gasteiger partial charge in [-0.25, -0.2) is 14.4 Å². The maximum Gasteiger partial charge on any atom is 0.389 e. The van der Waals surface area contributed by atoms with Crippen LogP contribution in [-0.4, -0.2) is 35.3 Å². The SMILES string of the molecule is CC(C)COc1cc(F)cc(-c2ccc(C(=O)NSc3cccc(N)n3)c(OCCCC(F)(F)F)n2)c1. The molecule has 0 bridgehead atoms. The third-order valence-electron chi connectivity index (χ3n) is 4.69. The second-order valence-corrected chi connectivity index (χ2v) is 9.26. The van der Waals surface area contributed by atoms with Crippen LogP contribution in [0.15, 0.2) is 53.6 Å². The molecular formula is C25H26F4N4O3S. The Balaban J connectivity index is 1.85. The maximum atomic E-state index is 14.3. The number of nitrogens with zero attached hydrogens (tertiary/aromatic N) is 2. The summed E-state index contributed by atoms with van der Waals surface area (Å²) in [4.78, 5) is 21.2. The van der Waals surface area contributed by atoms with Crippen LogP contribution in [-0.2, 0) is 0 Å². The van der Waals surface area contributed by atoms with E-state index in [0.29, 0.717) is 22.9 Å². The number of benzene rings is 1. The number of anilines is 1. The van der Waals surface area contributed by atoms with Crippen molar-refractivity contribution in [2.75, 3.05) is 18.9 Å². The lowest BCUT2D eigenvalue weighted by atomic mass is 10.1. The largest absolute Gasteiger partial charge is 0.493 e. The minimum atomic E-state index is -4.34. The molecule has 0 fully saturated rings. The Morgan fingerprint density at radius 1 is 1.11 bits per heavy atom. The molecule has 0 unspecified atom stereocenters. The highest BCUT2D eigenvalue weighted by atomic mass is 32.2. The number of halogens is 4. The Morgan fingerprint density at radius 2 is 1.89 bits per heavy atom. The van der Waals surface area contributed by atoms with Gasteiger partial charge in [0.1, 0.15) is 28.0 Å². The van der Waals surface area contributed by atoms with Gasteiger partial charge in [0.05, 0.1) is 18.9 Å². The predicted octanol–water partition coefficient (Wildman–Crippen LogP) is 6.06. The molecule has 1 amide bonds. The molecule has 3 aromatic rings. The fourth-order valence-electron chi connectivity index (χ4n) is 3.02. The molecule has 3 rings (SSSR count). The van der Waals surface area contributed by atoms with E-state index in [0.717, 1.165) is 11.9 Å². The van der Waals surface area contributed by atoms with E-state index in [1.165, 1.54) is 24.3 Å². The zero-order valence-corrected chi connectivity index (χ0v) is 21.0. The average molecular weight is 539 g/mol. The summed E-state index contributed by atoms with van der Waals surface area (Å²) in [6.45, 7) is 3.96. The van der Waals surface area contributed by atoms with E-state index in [9.17, 15) is 22.4 Å². The van der Waals surface area contributed by atoms with Gasteiger partial charge in [0.15, 0.2) is 0 Å². The quantitative estimate of drug-likeness (QED) is 0.174. The van der Waals surface area contributed by atoms with Crippen LogP contribution in [0.25, 0.3) is 11.3 Å². The topological polar surface area (TPSA) is 99.4 Å². The Hall–Kier alpha value is -3.54. The summed E-state index contributed by atoms with van der Waals surface area (Å²) in [6, 6.07) is 11.9. The van der Waals surface area contributed by atoms with Crippen LogP contribution >= 0.6 is 11.9 Å². The zero-order valence-electron chi connectivity index (χ0n) is 20.1. The number of carbonyl (C=O) groups is 1. The van der Waals surface area contributed by atoms with E-state index in [4.69, 9.17) is 15.2 Å². The van der Waals surface area contributed by atoms with Crippen LogP contribution in [0.3, 0.4) is 0 Å². The predicted molar refractivity (Wildman–Crippen MR) is 133 cm³/mol. The van der Waals surface area contributed by atoms with E-state index in [1.54, 1.807) is 24.3 Å². The lowest BCUT2D eigenvalue weighted by molar-refractivity contribution is -0.136. The van der Waals surface area contributed by atoms with Crippen LogP contribution < -0.4 is 19.9 Å². The summed E-state index contributed by atoms with van der Waals surface area (Å²) in [5.41, 5.74) is 6.23. The minimum Gasteiger partial charge on any atom is -0.493 e. The first kappa shape index (κ1) is 28.0. The monoisotopic (exact) mass is 538 g/mol. The summed E-state index contributed by atoms with van der Waals surface area (Å²) in [6.07, 6.45) is -5.72. The summed E-state index contributed by atoms with van der Waals surface area (Å²) in [5, 5.41) is 0.430. The third-order valence-corrected chi connectivity index (χ3v) is 5.42. The number of rotatable bonds is 11. The van der Waals surface area contributed by atoms with Crippen molar-refractivity contribution < 1.29 is 31.8 Å². The van der Waals surface area contributed by atoms with E-state index >= 15 is 0 Å². The van der Waals surface area contributed by atoms with Crippen molar-refractivity contribution >= 4 is 23.7 Å². The molecule has 2 aromatic heterocycles. The minimum absolute atomic E-state index is 0.0140. The Bertz CT molecular complexity index is 1220. The molecule has 2 heterocycles. The molecule has 0 saturated carbocycles. The molecule has 0 saturated heterocycles. The standard InChI is InChI=1S/C25H26F4N4O3S/c1-15(2)14-36-18-12-16(11-17(26)13-18)20-8-7-19(24(31-20)35-10-4-9-25(27,28)29)23(34)33-37-22-6-3-5-21(30)32-22/h3,5-8,11-13,15H,4,9-10,14H2,1-2H3,(H2,30,32)(H,33,34). The van der Waals surface area contributed by atoms with Crippen LogP contribution in [0, 0.1) is 11.7 Å². The first-order valence-corrected chi connectivity index (χ1v) is 12.2. The van der Waals surface area contributed by atoms with Gasteiger partial charge in [-0.15, -0.1) is 0 Å². The average Bonchev–Trinajstić information content (AvgIpc) is 2.83. The molecule has 0 aliphatic carbocycles. The van der Waals surface area contributed by atoms with Gasteiger partial charge in [0.2, 0.25) is 5.88 Å². The third kappa shape index (κ3) is 9.12. The molecular weight excluding hydrogens is 512 g/mol. The van der Waals surface area contributed by atoms with Crippen molar-refractivity contribution in [3.05, 3.63) is 59.9 Å². The van der Waals surface area contributed by atoms with Crippen molar-refractivity contribution in [3.8, 4) is 22.9 Å². The Labute approximate surface area is 215 Å². The Morgan fingerprint density at radius 3 is 2.59 bits per heavy atom. The molecule has 12 heteroatoms. The fourth-order valence-corrected chi connectivity index (χ4v) is 3.63. The van der Waals surface area contributed by atoms with E-state index < -0.39 is 24.3 Å². The highest BCUT2D eigenvalue weighted by Gasteiger charge is 2.26. The summed E-state index contributed by atoms with van der Waals surface area (Å²) in [7, 11) is 0. The number of pyridine rings is 2. The second-order valence-electron chi connectivity index (χ2n) is 8.43. The number of hydrogen-bond acceptors (Lipinski definition) is 7. The van der Waals surface area contributed by atoms with Gasteiger partial charge in [-0.05, 0) is 48.7 Å². The molecule has 198 valence electrons. The molecule has 0 aliphatic heterocycles. The van der Waals surface area contributed by atoms with Crippen LogP contribution in [0.5, 0.6) is 11.6 Å². The van der Waals surface area contributed by atoms with Crippen molar-refractivity contribution in [3.63, 3.8) is 0 Å². The van der Waals surface area contributed by atoms with Gasteiger partial charge in [0, 0.05) is 30.0 Å². The number of hydrogen-bond donors (Lipinski definition) is 2. The molecule has 7 nitrogen and oxygen atoms in total. The van der Waals surface area contributed by atoms with Crippen LogP contribution in [0.1, 0.15) is 37.0 Å². The number of nitrogen functional groups attached to an aromatic ring is 1. The fraction of sp³-hybridized carbons (Fsp3) is 0.320. The van der Waals surface area contributed by atoms with Crippen molar-refractivity contribution in [2.24, 2.45) is 5.92 Å². The number of carbonyl (C=O) groups excluding carboxylic acids is 1.